The molecule has 2 aromatic heterocycles. The molecule has 124 valence electrons. The molecule has 7 heteroatoms. The second-order valence-electron chi connectivity index (χ2n) is 5.27. The predicted molar refractivity (Wildman–Crippen MR) is 95.7 cm³/mol. The molecule has 0 bridgehead atoms. The van der Waals surface area contributed by atoms with Crippen LogP contribution in [0.2, 0.25) is 0 Å². The first kappa shape index (κ1) is 15.3. The van der Waals surface area contributed by atoms with Crippen molar-refractivity contribution in [1.29, 1.82) is 0 Å². The van der Waals surface area contributed by atoms with E-state index in [0.717, 1.165) is 16.3 Å². The number of hydrogen-bond acceptors (Lipinski definition) is 6. The van der Waals surface area contributed by atoms with Crippen molar-refractivity contribution in [3.8, 4) is 17.2 Å². The average molecular weight is 351 g/mol. The molecule has 0 saturated heterocycles. The molecule has 6 nitrogen and oxygen atoms in total. The van der Waals surface area contributed by atoms with Gasteiger partial charge in [-0.2, -0.15) is 11.3 Å². The van der Waals surface area contributed by atoms with E-state index in [1.54, 1.807) is 0 Å². The van der Waals surface area contributed by atoms with Crippen molar-refractivity contribution in [1.82, 2.24) is 10.2 Å². The van der Waals surface area contributed by atoms with E-state index in [4.69, 9.17) is 9.15 Å². The largest absolute Gasteiger partial charge is 0.484 e. The van der Waals surface area contributed by atoms with E-state index in [2.05, 4.69) is 15.5 Å². The normalized spacial score (nSPS) is 10.7. The Labute approximate surface area is 147 Å². The van der Waals surface area contributed by atoms with Gasteiger partial charge in [0.15, 0.2) is 6.61 Å². The Kier molecular flexibility index (Phi) is 4.14. The minimum Gasteiger partial charge on any atom is -0.484 e. The number of aromatic nitrogens is 2. The highest BCUT2D eigenvalue weighted by molar-refractivity contribution is 7.08. The van der Waals surface area contributed by atoms with E-state index >= 15 is 0 Å². The quantitative estimate of drug-likeness (QED) is 0.589. The van der Waals surface area contributed by atoms with Crippen molar-refractivity contribution in [2.75, 3.05) is 11.9 Å². The van der Waals surface area contributed by atoms with Crippen molar-refractivity contribution in [2.24, 2.45) is 0 Å². The number of ether oxygens (including phenoxy) is 1. The van der Waals surface area contributed by atoms with Crippen LogP contribution in [0, 0.1) is 0 Å². The molecule has 0 spiro atoms. The van der Waals surface area contributed by atoms with Gasteiger partial charge in [-0.25, -0.2) is 0 Å². The molecule has 2 heterocycles. The third-order valence-corrected chi connectivity index (χ3v) is 4.21. The number of nitrogens with zero attached hydrogens (tertiary/aromatic N) is 2. The van der Waals surface area contributed by atoms with E-state index in [1.807, 2.05) is 59.3 Å². The van der Waals surface area contributed by atoms with Gasteiger partial charge in [0.05, 0.1) is 0 Å². The van der Waals surface area contributed by atoms with Crippen LogP contribution in [0.1, 0.15) is 0 Å². The molecule has 0 fully saturated rings. The molecule has 0 aliphatic heterocycles. The van der Waals surface area contributed by atoms with Crippen molar-refractivity contribution >= 4 is 34.0 Å². The van der Waals surface area contributed by atoms with Crippen LogP contribution in [0.25, 0.3) is 22.2 Å². The molecule has 0 aliphatic rings. The maximum Gasteiger partial charge on any atom is 0.322 e. The molecule has 0 aliphatic carbocycles. The predicted octanol–water partition coefficient (Wildman–Crippen LogP) is 3.97. The minimum absolute atomic E-state index is 0.0494. The molecule has 25 heavy (non-hydrogen) atoms. The van der Waals surface area contributed by atoms with Crippen molar-refractivity contribution in [3.63, 3.8) is 0 Å². The zero-order chi connectivity index (χ0) is 17.1. The van der Waals surface area contributed by atoms with Crippen LogP contribution in [0.4, 0.5) is 6.01 Å². The van der Waals surface area contributed by atoms with Crippen LogP contribution >= 0.6 is 11.3 Å². The number of hydrogen-bond donors (Lipinski definition) is 1. The second-order valence-corrected chi connectivity index (χ2v) is 6.05. The van der Waals surface area contributed by atoms with Crippen LogP contribution in [-0.2, 0) is 4.79 Å². The van der Waals surface area contributed by atoms with Crippen molar-refractivity contribution in [3.05, 3.63) is 59.3 Å². The van der Waals surface area contributed by atoms with Gasteiger partial charge in [-0.15, -0.1) is 5.10 Å². The monoisotopic (exact) mass is 351 g/mol. The first-order valence-electron chi connectivity index (χ1n) is 7.55. The number of anilines is 1. The maximum absolute atomic E-state index is 12.0. The first-order chi connectivity index (χ1) is 12.3. The number of benzene rings is 2. The van der Waals surface area contributed by atoms with Gasteiger partial charge < -0.3 is 9.15 Å². The first-order valence-corrected chi connectivity index (χ1v) is 8.50. The summed E-state index contributed by atoms with van der Waals surface area (Å²) in [4.78, 5) is 12.0. The Morgan fingerprint density at radius 1 is 1.12 bits per heavy atom. The van der Waals surface area contributed by atoms with Crippen LogP contribution < -0.4 is 10.1 Å². The lowest BCUT2D eigenvalue weighted by Crippen LogP contribution is -2.20. The van der Waals surface area contributed by atoms with Crippen molar-refractivity contribution < 1.29 is 13.9 Å². The summed E-state index contributed by atoms with van der Waals surface area (Å²) in [5.74, 6) is 0.624. The molecule has 1 N–H and O–H groups in total. The molecule has 4 aromatic rings. The standard InChI is InChI=1S/C18H13N3O3S/c22-16(19-18-21-20-17(24-18)14-7-8-25-11-14)10-23-15-6-5-12-3-1-2-4-13(12)9-15/h1-9,11H,10H2,(H,19,21,22). The molecule has 1 amide bonds. The summed E-state index contributed by atoms with van der Waals surface area (Å²) >= 11 is 1.53. The van der Waals surface area contributed by atoms with Gasteiger partial charge in [0.25, 0.3) is 11.8 Å². The number of nitrogens with one attached hydrogen (secondary N) is 1. The lowest BCUT2D eigenvalue weighted by molar-refractivity contribution is -0.118. The van der Waals surface area contributed by atoms with E-state index in [1.165, 1.54) is 11.3 Å². The summed E-state index contributed by atoms with van der Waals surface area (Å²) in [5.41, 5.74) is 0.824. The molecule has 0 radical (unpaired) electrons. The Balaban J connectivity index is 1.37. The number of rotatable bonds is 5. The smallest absolute Gasteiger partial charge is 0.322 e. The third-order valence-electron chi connectivity index (χ3n) is 3.53. The lowest BCUT2D eigenvalue weighted by atomic mass is 10.1. The zero-order valence-electron chi connectivity index (χ0n) is 13.0. The molecular formula is C18H13N3O3S. The second kappa shape index (κ2) is 6.74. The van der Waals surface area contributed by atoms with E-state index < -0.39 is 0 Å². The number of fused-ring (bicyclic) bond motifs is 1. The summed E-state index contributed by atoms with van der Waals surface area (Å²) in [7, 11) is 0. The van der Waals surface area contributed by atoms with Gasteiger partial charge in [0, 0.05) is 10.9 Å². The molecule has 0 saturated carbocycles. The zero-order valence-corrected chi connectivity index (χ0v) is 13.8. The van der Waals surface area contributed by atoms with Crippen LogP contribution in [0.5, 0.6) is 5.75 Å². The maximum atomic E-state index is 12.0. The summed E-state index contributed by atoms with van der Waals surface area (Å²) in [5, 5.41) is 16.2. The number of amides is 1. The number of carbonyl (C=O) groups is 1. The van der Waals surface area contributed by atoms with E-state index in [9.17, 15) is 4.79 Å². The van der Waals surface area contributed by atoms with Gasteiger partial charge in [0.1, 0.15) is 5.75 Å². The van der Waals surface area contributed by atoms with Gasteiger partial charge in [-0.3, -0.25) is 10.1 Å². The highest BCUT2D eigenvalue weighted by Crippen LogP contribution is 2.22. The Morgan fingerprint density at radius 2 is 2.00 bits per heavy atom. The summed E-state index contributed by atoms with van der Waals surface area (Å²) < 4.78 is 10.9. The number of carbonyl (C=O) groups excluding carboxylic acids is 1. The lowest BCUT2D eigenvalue weighted by Gasteiger charge is -2.06. The molecular weight excluding hydrogens is 338 g/mol. The molecule has 4 rings (SSSR count). The topological polar surface area (TPSA) is 77.2 Å². The summed E-state index contributed by atoms with van der Waals surface area (Å²) in [6.07, 6.45) is 0. The summed E-state index contributed by atoms with van der Waals surface area (Å²) in [6, 6.07) is 15.5. The SMILES string of the molecule is O=C(COc1ccc2ccccc2c1)Nc1nnc(-c2ccsc2)o1. The number of thiophene rings is 1. The fraction of sp³-hybridized carbons (Fsp3) is 0.0556. The van der Waals surface area contributed by atoms with Crippen molar-refractivity contribution in [2.45, 2.75) is 0 Å². The van der Waals surface area contributed by atoms with Crippen LogP contribution in [0.15, 0.2) is 63.7 Å². The Morgan fingerprint density at radius 3 is 2.84 bits per heavy atom. The summed E-state index contributed by atoms with van der Waals surface area (Å²) in [6.45, 7) is -0.144. The Bertz CT molecular complexity index is 1010. The third kappa shape index (κ3) is 3.51. The van der Waals surface area contributed by atoms with E-state index in [0.29, 0.717) is 11.6 Å². The van der Waals surface area contributed by atoms with E-state index in [-0.39, 0.29) is 18.5 Å². The molecule has 2 aromatic carbocycles. The molecule has 0 unspecified atom stereocenters. The fourth-order valence-electron chi connectivity index (χ4n) is 2.34. The average Bonchev–Trinajstić information content (AvgIpc) is 3.31. The highest BCUT2D eigenvalue weighted by atomic mass is 32.1. The van der Waals surface area contributed by atoms with Gasteiger partial charge in [-0.05, 0) is 34.4 Å². The molecule has 0 atom stereocenters. The van der Waals surface area contributed by atoms with Crippen LogP contribution in [-0.4, -0.2) is 22.7 Å². The van der Waals surface area contributed by atoms with Crippen LogP contribution in [0.3, 0.4) is 0 Å². The highest BCUT2D eigenvalue weighted by Gasteiger charge is 2.12. The van der Waals surface area contributed by atoms with Gasteiger partial charge in [-0.1, -0.05) is 35.4 Å². The Hall–Kier alpha value is -3.19. The minimum atomic E-state index is -0.367. The van der Waals surface area contributed by atoms with Gasteiger partial charge in [0.2, 0.25) is 0 Å². The van der Waals surface area contributed by atoms with Gasteiger partial charge >= 0.3 is 6.01 Å². The fourth-order valence-corrected chi connectivity index (χ4v) is 2.97.